The number of aromatic nitrogens is 1. The van der Waals surface area contributed by atoms with Crippen molar-refractivity contribution in [3.8, 4) is 12.3 Å². The number of nitrogens with one attached hydrogen (secondary N) is 1. The van der Waals surface area contributed by atoms with Gasteiger partial charge in [-0.1, -0.05) is 50.6 Å². The van der Waals surface area contributed by atoms with E-state index in [1.165, 1.54) is 0 Å². The standard InChI is InChI=1S/C12H9N.C2H6.H2/c1-3-9-10-7-5-6-8-12(10)13-11(9)4-2;1-2;/h2-3,5-8,13H,1H2;1-2H3;1H. The quantitative estimate of drug-likeness (QED) is 0.666. The molecule has 0 bridgehead atoms. The minimum absolute atomic E-state index is 0. The van der Waals surface area contributed by atoms with E-state index in [9.17, 15) is 0 Å². The fraction of sp³-hybridized carbons (Fsp3) is 0.143. The molecule has 1 aromatic heterocycles. The molecular weight excluding hydrogens is 182 g/mol. The third-order valence-corrected chi connectivity index (χ3v) is 2.09. The molecule has 0 spiro atoms. The zero-order chi connectivity index (χ0) is 11.3. The molecule has 1 N–H and O–H groups in total. The van der Waals surface area contributed by atoms with Gasteiger partial charge < -0.3 is 4.98 Å². The second kappa shape index (κ2) is 5.07. The Hall–Kier alpha value is -1.94. The van der Waals surface area contributed by atoms with E-state index < -0.39 is 0 Å². The molecule has 0 saturated heterocycles. The van der Waals surface area contributed by atoms with Crippen LogP contribution in [0.3, 0.4) is 0 Å². The summed E-state index contributed by atoms with van der Waals surface area (Å²) in [5.74, 6) is 2.61. The Labute approximate surface area is 92.3 Å². The average Bonchev–Trinajstić information content (AvgIpc) is 2.69. The highest BCUT2D eigenvalue weighted by atomic mass is 14.7. The van der Waals surface area contributed by atoms with E-state index in [-0.39, 0.29) is 1.43 Å². The number of rotatable bonds is 1. The third kappa shape index (κ3) is 1.94. The molecule has 0 aliphatic heterocycles. The van der Waals surface area contributed by atoms with Crippen molar-refractivity contribution in [2.75, 3.05) is 0 Å². The topological polar surface area (TPSA) is 15.8 Å². The maximum absolute atomic E-state index is 5.36. The number of hydrogen-bond donors (Lipinski definition) is 1. The summed E-state index contributed by atoms with van der Waals surface area (Å²) < 4.78 is 0. The van der Waals surface area contributed by atoms with Gasteiger partial charge in [0, 0.05) is 17.9 Å². The van der Waals surface area contributed by atoms with Gasteiger partial charge in [-0.05, 0) is 6.07 Å². The second-order valence-corrected chi connectivity index (χ2v) is 2.81. The predicted octanol–water partition coefficient (Wildman–Crippen LogP) is 4.06. The van der Waals surface area contributed by atoms with Gasteiger partial charge in [-0.3, -0.25) is 0 Å². The SMILES string of the molecule is C#Cc1[nH]c2ccccc2c1C=C.CC.[HH]. The van der Waals surface area contributed by atoms with E-state index in [4.69, 9.17) is 6.42 Å². The highest BCUT2D eigenvalue weighted by Crippen LogP contribution is 2.22. The van der Waals surface area contributed by atoms with Crippen molar-refractivity contribution in [1.29, 1.82) is 0 Å². The van der Waals surface area contributed by atoms with Crippen molar-refractivity contribution in [2.45, 2.75) is 13.8 Å². The van der Waals surface area contributed by atoms with Crippen LogP contribution in [0.5, 0.6) is 0 Å². The molecule has 1 nitrogen and oxygen atoms in total. The fourth-order valence-corrected chi connectivity index (χ4v) is 1.49. The maximum atomic E-state index is 5.36. The molecule has 15 heavy (non-hydrogen) atoms. The van der Waals surface area contributed by atoms with Gasteiger partial charge >= 0.3 is 0 Å². The number of para-hydroxylation sites is 1. The molecule has 0 saturated carbocycles. The molecule has 0 atom stereocenters. The van der Waals surface area contributed by atoms with Gasteiger partial charge in [-0.25, -0.2) is 0 Å². The fourth-order valence-electron chi connectivity index (χ4n) is 1.49. The molecule has 1 heterocycles. The Morgan fingerprint density at radius 1 is 1.40 bits per heavy atom. The van der Waals surface area contributed by atoms with Crippen molar-refractivity contribution < 1.29 is 1.43 Å². The van der Waals surface area contributed by atoms with E-state index in [0.29, 0.717) is 0 Å². The first kappa shape index (κ1) is 11.1. The third-order valence-electron chi connectivity index (χ3n) is 2.09. The van der Waals surface area contributed by atoms with Crippen LogP contribution in [0.15, 0.2) is 30.8 Å². The number of benzene rings is 1. The van der Waals surface area contributed by atoms with Crippen molar-refractivity contribution in [3.63, 3.8) is 0 Å². The molecule has 2 aromatic rings. The molecule has 0 radical (unpaired) electrons. The van der Waals surface area contributed by atoms with Gasteiger partial charge in [0.1, 0.15) is 0 Å². The van der Waals surface area contributed by atoms with Crippen molar-refractivity contribution in [3.05, 3.63) is 42.1 Å². The summed E-state index contributed by atoms with van der Waals surface area (Å²) in [7, 11) is 0. The van der Waals surface area contributed by atoms with Crippen LogP contribution < -0.4 is 0 Å². The van der Waals surface area contributed by atoms with E-state index in [0.717, 1.165) is 22.2 Å². The summed E-state index contributed by atoms with van der Waals surface area (Å²) in [6.07, 6.45) is 7.15. The Morgan fingerprint density at radius 2 is 2.07 bits per heavy atom. The predicted molar refractivity (Wildman–Crippen MR) is 69.8 cm³/mol. The van der Waals surface area contributed by atoms with Crippen LogP contribution in [-0.4, -0.2) is 4.98 Å². The van der Waals surface area contributed by atoms with Gasteiger partial charge in [-0.15, -0.1) is 6.42 Å². The lowest BCUT2D eigenvalue weighted by atomic mass is 10.1. The molecule has 0 amide bonds. The number of terminal acetylenes is 1. The van der Waals surface area contributed by atoms with Crippen LogP contribution in [0.25, 0.3) is 17.0 Å². The lowest BCUT2D eigenvalue weighted by molar-refractivity contribution is 1.41. The zero-order valence-corrected chi connectivity index (χ0v) is 9.17. The minimum Gasteiger partial charge on any atom is -0.348 e. The molecule has 0 aliphatic carbocycles. The largest absolute Gasteiger partial charge is 0.348 e. The summed E-state index contributed by atoms with van der Waals surface area (Å²) in [4.78, 5) is 3.16. The summed E-state index contributed by atoms with van der Waals surface area (Å²) in [6, 6.07) is 8.00. The molecular formula is C14H17N. The number of H-pyrrole nitrogens is 1. The molecule has 78 valence electrons. The van der Waals surface area contributed by atoms with Crippen LogP contribution in [0.2, 0.25) is 0 Å². The Morgan fingerprint density at radius 3 is 2.67 bits per heavy atom. The molecule has 1 heteroatoms. The smallest absolute Gasteiger partial charge is 0.0974 e. The van der Waals surface area contributed by atoms with Crippen LogP contribution in [0, 0.1) is 12.3 Å². The van der Waals surface area contributed by atoms with E-state index in [1.54, 1.807) is 6.08 Å². The van der Waals surface area contributed by atoms with Gasteiger partial charge in [-0.2, -0.15) is 0 Å². The van der Waals surface area contributed by atoms with Crippen molar-refractivity contribution >= 4 is 17.0 Å². The molecule has 0 aliphatic rings. The van der Waals surface area contributed by atoms with Crippen LogP contribution in [0.1, 0.15) is 26.5 Å². The highest BCUT2D eigenvalue weighted by Gasteiger charge is 2.04. The first-order valence-corrected chi connectivity index (χ1v) is 5.06. The number of fused-ring (bicyclic) bond motifs is 1. The number of hydrogen-bond acceptors (Lipinski definition) is 0. The van der Waals surface area contributed by atoms with Crippen molar-refractivity contribution in [2.24, 2.45) is 0 Å². The monoisotopic (exact) mass is 199 g/mol. The first-order valence-electron chi connectivity index (χ1n) is 5.06. The van der Waals surface area contributed by atoms with Crippen LogP contribution in [0.4, 0.5) is 0 Å². The van der Waals surface area contributed by atoms with Crippen LogP contribution >= 0.6 is 0 Å². The lowest BCUT2D eigenvalue weighted by Gasteiger charge is -1.89. The van der Waals surface area contributed by atoms with E-state index >= 15 is 0 Å². The van der Waals surface area contributed by atoms with Gasteiger partial charge in [0.05, 0.1) is 5.69 Å². The van der Waals surface area contributed by atoms with Crippen LogP contribution in [-0.2, 0) is 0 Å². The van der Waals surface area contributed by atoms with Gasteiger partial charge in [0.25, 0.3) is 0 Å². The first-order chi connectivity index (χ1) is 7.36. The molecule has 1 aromatic carbocycles. The molecule has 0 fully saturated rings. The summed E-state index contributed by atoms with van der Waals surface area (Å²) >= 11 is 0. The summed E-state index contributed by atoms with van der Waals surface area (Å²) in [6.45, 7) is 7.75. The lowest BCUT2D eigenvalue weighted by Crippen LogP contribution is -1.74. The summed E-state index contributed by atoms with van der Waals surface area (Å²) in [5, 5.41) is 1.13. The Kier molecular flexibility index (Phi) is 3.76. The zero-order valence-electron chi connectivity index (χ0n) is 9.17. The Balaban J connectivity index is 0.000000711. The summed E-state index contributed by atoms with van der Waals surface area (Å²) in [5.41, 5.74) is 2.87. The van der Waals surface area contributed by atoms with Gasteiger partial charge in [0.15, 0.2) is 0 Å². The highest BCUT2D eigenvalue weighted by molar-refractivity contribution is 5.91. The van der Waals surface area contributed by atoms with Gasteiger partial charge in [0.2, 0.25) is 0 Å². The average molecular weight is 199 g/mol. The normalized spacial score (nSPS) is 8.87. The second-order valence-electron chi connectivity index (χ2n) is 2.81. The number of aromatic amines is 1. The molecule has 2 rings (SSSR count). The van der Waals surface area contributed by atoms with Crippen molar-refractivity contribution in [1.82, 2.24) is 4.98 Å². The Bertz CT molecular complexity index is 503. The minimum atomic E-state index is 0. The molecule has 0 unspecified atom stereocenters. The van der Waals surface area contributed by atoms with E-state index in [2.05, 4.69) is 17.5 Å². The van der Waals surface area contributed by atoms with E-state index in [1.807, 2.05) is 38.1 Å². The maximum Gasteiger partial charge on any atom is 0.0974 e.